The Morgan fingerprint density at radius 2 is 1.88 bits per heavy atom. The summed E-state index contributed by atoms with van der Waals surface area (Å²) in [5.41, 5.74) is 0.797. The van der Waals surface area contributed by atoms with Crippen molar-refractivity contribution in [3.8, 4) is 0 Å². The number of nitrogens with one attached hydrogen (secondary N) is 1. The van der Waals surface area contributed by atoms with Crippen LogP contribution in [0, 0.1) is 9.49 Å². The molecular formula is C13H20INO. The highest BCUT2D eigenvalue weighted by molar-refractivity contribution is 14.1. The number of aliphatic hydroxyl groups excluding tert-OH is 1. The highest BCUT2D eigenvalue weighted by Gasteiger charge is 2.24. The van der Waals surface area contributed by atoms with Gasteiger partial charge in [0.15, 0.2) is 0 Å². The summed E-state index contributed by atoms with van der Waals surface area (Å²) in [4.78, 5) is 0. The molecule has 0 aromatic heterocycles. The second-order valence-electron chi connectivity index (χ2n) is 4.77. The van der Waals surface area contributed by atoms with E-state index in [4.69, 9.17) is 0 Å². The van der Waals surface area contributed by atoms with Gasteiger partial charge in [-0.2, -0.15) is 0 Å². The first-order chi connectivity index (χ1) is 7.48. The summed E-state index contributed by atoms with van der Waals surface area (Å²) in [5.74, 6) is 0.578. The van der Waals surface area contributed by atoms with Gasteiger partial charge in [0.25, 0.3) is 0 Å². The van der Waals surface area contributed by atoms with Crippen molar-refractivity contribution in [2.45, 2.75) is 26.3 Å². The lowest BCUT2D eigenvalue weighted by molar-refractivity contribution is 0.171. The molecular weight excluding hydrogens is 313 g/mol. The summed E-state index contributed by atoms with van der Waals surface area (Å²) >= 11 is 2.29. The maximum absolute atomic E-state index is 9.56. The van der Waals surface area contributed by atoms with Gasteiger partial charge in [-0.1, -0.05) is 26.0 Å². The molecule has 3 heteroatoms. The molecule has 0 radical (unpaired) electrons. The Morgan fingerprint density at radius 3 is 2.31 bits per heavy atom. The number of aliphatic hydroxyl groups is 1. The fourth-order valence-electron chi connectivity index (χ4n) is 1.50. The van der Waals surface area contributed by atoms with Crippen molar-refractivity contribution in [2.75, 3.05) is 13.2 Å². The van der Waals surface area contributed by atoms with Crippen LogP contribution in [0.4, 0.5) is 0 Å². The third-order valence-electron chi connectivity index (χ3n) is 2.70. The molecule has 0 fully saturated rings. The summed E-state index contributed by atoms with van der Waals surface area (Å²) in [7, 11) is 0. The Morgan fingerprint density at radius 1 is 1.31 bits per heavy atom. The van der Waals surface area contributed by atoms with E-state index in [0.717, 1.165) is 12.1 Å². The minimum atomic E-state index is -0.339. The van der Waals surface area contributed by atoms with Gasteiger partial charge in [0.1, 0.15) is 0 Å². The van der Waals surface area contributed by atoms with Crippen molar-refractivity contribution < 1.29 is 5.11 Å². The molecule has 0 aliphatic rings. The summed E-state index contributed by atoms with van der Waals surface area (Å²) in [6.45, 7) is 7.39. The second-order valence-corrected chi connectivity index (χ2v) is 6.02. The van der Waals surface area contributed by atoms with E-state index in [-0.39, 0.29) is 12.1 Å². The van der Waals surface area contributed by atoms with Crippen LogP contribution in [0.1, 0.15) is 26.3 Å². The highest BCUT2D eigenvalue weighted by Crippen LogP contribution is 2.21. The van der Waals surface area contributed by atoms with Crippen molar-refractivity contribution in [3.63, 3.8) is 0 Å². The smallest absolute Gasteiger partial charge is 0.0652 e. The first-order valence-corrected chi connectivity index (χ1v) is 6.68. The maximum atomic E-state index is 9.56. The standard InChI is InChI=1S/C13H20INO/c1-10(2)8-15-13(3,9-16)11-4-6-12(14)7-5-11/h4-7,10,15-16H,8-9H2,1-3H3. The monoisotopic (exact) mass is 333 g/mol. The molecule has 2 N–H and O–H groups in total. The Kier molecular flexibility index (Phi) is 5.21. The fraction of sp³-hybridized carbons (Fsp3) is 0.538. The molecule has 1 aromatic rings. The third kappa shape index (κ3) is 3.71. The first-order valence-electron chi connectivity index (χ1n) is 5.60. The van der Waals surface area contributed by atoms with E-state index in [9.17, 15) is 5.11 Å². The lowest BCUT2D eigenvalue weighted by Crippen LogP contribution is -2.44. The van der Waals surface area contributed by atoms with Crippen LogP contribution in [0.25, 0.3) is 0 Å². The molecule has 0 heterocycles. The minimum absolute atomic E-state index is 0.111. The highest BCUT2D eigenvalue weighted by atomic mass is 127. The van der Waals surface area contributed by atoms with Gasteiger partial charge in [-0.3, -0.25) is 0 Å². The number of hydrogen-bond acceptors (Lipinski definition) is 2. The van der Waals surface area contributed by atoms with Crippen molar-refractivity contribution >= 4 is 22.6 Å². The van der Waals surface area contributed by atoms with Crippen LogP contribution >= 0.6 is 22.6 Å². The van der Waals surface area contributed by atoms with Gasteiger partial charge in [-0.15, -0.1) is 0 Å². The summed E-state index contributed by atoms with van der Waals surface area (Å²) in [6, 6.07) is 8.29. The van der Waals surface area contributed by atoms with Crippen LogP contribution in [-0.4, -0.2) is 18.3 Å². The Hall–Kier alpha value is -0.130. The molecule has 1 aromatic carbocycles. The molecule has 1 atom stereocenters. The predicted octanol–water partition coefficient (Wildman–Crippen LogP) is 2.74. The zero-order chi connectivity index (χ0) is 12.2. The van der Waals surface area contributed by atoms with Gasteiger partial charge >= 0.3 is 0 Å². The lowest BCUT2D eigenvalue weighted by atomic mass is 9.92. The number of halogens is 1. The van der Waals surface area contributed by atoms with E-state index in [2.05, 4.69) is 66.0 Å². The SMILES string of the molecule is CC(C)CNC(C)(CO)c1ccc(I)cc1. The Bertz CT molecular complexity index is 323. The van der Waals surface area contributed by atoms with Crippen LogP contribution in [0.3, 0.4) is 0 Å². The largest absolute Gasteiger partial charge is 0.394 e. The molecule has 0 saturated heterocycles. The van der Waals surface area contributed by atoms with Gasteiger partial charge in [-0.05, 0) is 59.7 Å². The summed E-state index contributed by atoms with van der Waals surface area (Å²) in [6.07, 6.45) is 0. The lowest BCUT2D eigenvalue weighted by Gasteiger charge is -2.30. The molecule has 0 aliphatic carbocycles. The summed E-state index contributed by atoms with van der Waals surface area (Å²) < 4.78 is 1.21. The van der Waals surface area contributed by atoms with Crippen molar-refractivity contribution in [1.82, 2.24) is 5.32 Å². The van der Waals surface area contributed by atoms with Gasteiger partial charge in [0.2, 0.25) is 0 Å². The molecule has 16 heavy (non-hydrogen) atoms. The van der Waals surface area contributed by atoms with Crippen LogP contribution in [0.5, 0.6) is 0 Å². The Labute approximate surface area is 112 Å². The third-order valence-corrected chi connectivity index (χ3v) is 3.42. The molecule has 0 spiro atoms. The van der Waals surface area contributed by atoms with Crippen molar-refractivity contribution in [1.29, 1.82) is 0 Å². The fourth-order valence-corrected chi connectivity index (χ4v) is 1.86. The zero-order valence-electron chi connectivity index (χ0n) is 10.1. The van der Waals surface area contributed by atoms with E-state index in [0.29, 0.717) is 5.92 Å². The molecule has 0 aliphatic heterocycles. The van der Waals surface area contributed by atoms with Gasteiger partial charge in [0, 0.05) is 3.57 Å². The predicted molar refractivity (Wildman–Crippen MR) is 76.4 cm³/mol. The zero-order valence-corrected chi connectivity index (χ0v) is 12.3. The quantitative estimate of drug-likeness (QED) is 0.812. The molecule has 0 amide bonds. The van der Waals surface area contributed by atoms with Gasteiger partial charge < -0.3 is 10.4 Å². The average Bonchev–Trinajstić information content (AvgIpc) is 2.27. The average molecular weight is 333 g/mol. The molecule has 0 saturated carbocycles. The van der Waals surface area contributed by atoms with E-state index < -0.39 is 0 Å². The van der Waals surface area contributed by atoms with Crippen molar-refractivity contribution in [2.24, 2.45) is 5.92 Å². The van der Waals surface area contributed by atoms with Crippen LogP contribution < -0.4 is 5.32 Å². The molecule has 90 valence electrons. The maximum Gasteiger partial charge on any atom is 0.0652 e. The number of rotatable bonds is 5. The first kappa shape index (κ1) is 13.9. The second kappa shape index (κ2) is 5.98. The molecule has 1 rings (SSSR count). The molecule has 2 nitrogen and oxygen atoms in total. The molecule has 1 unspecified atom stereocenters. The van der Waals surface area contributed by atoms with Crippen molar-refractivity contribution in [3.05, 3.63) is 33.4 Å². The summed E-state index contributed by atoms with van der Waals surface area (Å²) in [5, 5.41) is 13.0. The van der Waals surface area contributed by atoms with E-state index >= 15 is 0 Å². The van der Waals surface area contributed by atoms with Crippen LogP contribution in [0.15, 0.2) is 24.3 Å². The molecule has 0 bridgehead atoms. The Balaban J connectivity index is 2.82. The topological polar surface area (TPSA) is 32.3 Å². The van der Waals surface area contributed by atoms with E-state index in [1.54, 1.807) is 0 Å². The van der Waals surface area contributed by atoms with E-state index in [1.165, 1.54) is 3.57 Å². The normalized spacial score (nSPS) is 15.1. The number of benzene rings is 1. The van der Waals surface area contributed by atoms with Crippen LogP contribution in [0.2, 0.25) is 0 Å². The number of hydrogen-bond donors (Lipinski definition) is 2. The van der Waals surface area contributed by atoms with E-state index in [1.807, 2.05) is 6.92 Å². The van der Waals surface area contributed by atoms with Crippen LogP contribution in [-0.2, 0) is 5.54 Å². The van der Waals surface area contributed by atoms with Gasteiger partial charge in [0.05, 0.1) is 12.1 Å². The van der Waals surface area contributed by atoms with Gasteiger partial charge in [-0.25, -0.2) is 0 Å². The minimum Gasteiger partial charge on any atom is -0.394 e.